The van der Waals surface area contributed by atoms with E-state index in [2.05, 4.69) is 17.3 Å². The number of thiazole rings is 1. The Labute approximate surface area is 131 Å². The summed E-state index contributed by atoms with van der Waals surface area (Å²) in [5, 5.41) is 12.7. The molecule has 1 aromatic heterocycles. The maximum absolute atomic E-state index is 12.2. The molecule has 4 nitrogen and oxygen atoms in total. The third-order valence-corrected chi connectivity index (χ3v) is 5.57. The molecule has 0 unspecified atom stereocenters. The molecule has 1 aromatic rings. The molecule has 0 atom stereocenters. The minimum atomic E-state index is 0.0505. The highest BCUT2D eigenvalue weighted by Gasteiger charge is 2.33. The van der Waals surface area contributed by atoms with E-state index in [0.29, 0.717) is 6.42 Å². The highest BCUT2D eigenvalue weighted by atomic mass is 32.1. The number of aliphatic hydroxyl groups excluding tert-OH is 1. The van der Waals surface area contributed by atoms with Gasteiger partial charge in [0.15, 0.2) is 0 Å². The first kappa shape index (κ1) is 16.4. The van der Waals surface area contributed by atoms with Gasteiger partial charge in [0.05, 0.1) is 10.7 Å². The second kappa shape index (κ2) is 7.36. The number of carbonyl (C=O) groups is 1. The van der Waals surface area contributed by atoms with Crippen molar-refractivity contribution in [2.24, 2.45) is 5.41 Å². The van der Waals surface area contributed by atoms with Crippen LogP contribution in [-0.4, -0.2) is 40.6 Å². The third kappa shape index (κ3) is 4.27. The number of likely N-dealkylation sites (tertiary alicyclic amines) is 1. The fourth-order valence-electron chi connectivity index (χ4n) is 2.96. The van der Waals surface area contributed by atoms with Crippen molar-refractivity contribution in [1.29, 1.82) is 0 Å². The van der Waals surface area contributed by atoms with E-state index in [1.165, 1.54) is 0 Å². The highest BCUT2D eigenvalue weighted by molar-refractivity contribution is 7.09. The molecule has 1 aliphatic heterocycles. The molecule has 0 spiro atoms. The summed E-state index contributed by atoms with van der Waals surface area (Å²) >= 11 is 1.67. The zero-order valence-electron chi connectivity index (χ0n) is 13.1. The molecule has 0 bridgehead atoms. The summed E-state index contributed by atoms with van der Waals surface area (Å²) in [6, 6.07) is 0. The first-order chi connectivity index (χ1) is 10.1. The molecule has 1 saturated heterocycles. The van der Waals surface area contributed by atoms with Gasteiger partial charge in [-0.15, -0.1) is 11.3 Å². The van der Waals surface area contributed by atoms with Crippen LogP contribution in [0.1, 0.15) is 49.7 Å². The molecule has 2 rings (SSSR count). The molecule has 1 N–H and O–H groups in total. The average molecular weight is 310 g/mol. The number of hydrogen-bond donors (Lipinski definition) is 1. The number of nitrogens with zero attached hydrogens (tertiary/aromatic N) is 2. The van der Waals surface area contributed by atoms with E-state index in [1.54, 1.807) is 11.3 Å². The van der Waals surface area contributed by atoms with Crippen molar-refractivity contribution in [2.75, 3.05) is 19.7 Å². The molecule has 21 heavy (non-hydrogen) atoms. The second-order valence-corrected chi connectivity index (χ2v) is 7.17. The zero-order chi connectivity index (χ0) is 15.3. The maximum Gasteiger partial charge on any atom is 0.222 e. The number of aryl methyl sites for hydroxylation is 2. The lowest BCUT2D eigenvalue weighted by atomic mass is 9.77. The van der Waals surface area contributed by atoms with Gasteiger partial charge in [0.25, 0.3) is 0 Å². The molecule has 0 radical (unpaired) electrons. The molecule has 0 saturated carbocycles. The Morgan fingerprint density at radius 1 is 1.48 bits per heavy atom. The number of carbonyl (C=O) groups excluding carboxylic acids is 1. The number of aromatic nitrogens is 1. The van der Waals surface area contributed by atoms with Crippen LogP contribution in [0.3, 0.4) is 0 Å². The van der Waals surface area contributed by atoms with E-state index < -0.39 is 0 Å². The van der Waals surface area contributed by atoms with Crippen LogP contribution in [0.15, 0.2) is 5.38 Å². The van der Waals surface area contributed by atoms with Crippen molar-refractivity contribution >= 4 is 17.2 Å². The Bertz CT molecular complexity index is 459. The standard InChI is InChI=1S/C16H26N2O2S/c1-3-16(12-19)7-9-18(10-8-16)15(20)6-4-5-14-11-21-13(2)17-14/h11,19H,3-10,12H2,1-2H3. The second-order valence-electron chi connectivity index (χ2n) is 6.10. The zero-order valence-corrected chi connectivity index (χ0v) is 13.9. The first-order valence-corrected chi connectivity index (χ1v) is 8.76. The Morgan fingerprint density at radius 2 is 2.19 bits per heavy atom. The monoisotopic (exact) mass is 310 g/mol. The van der Waals surface area contributed by atoms with Gasteiger partial charge in [0.1, 0.15) is 0 Å². The average Bonchev–Trinajstić information content (AvgIpc) is 2.92. The SMILES string of the molecule is CCC1(CO)CCN(C(=O)CCCc2csc(C)n2)CC1. The topological polar surface area (TPSA) is 53.4 Å². The Morgan fingerprint density at radius 3 is 2.71 bits per heavy atom. The molecule has 0 aliphatic carbocycles. The van der Waals surface area contributed by atoms with E-state index in [1.807, 2.05) is 11.8 Å². The van der Waals surface area contributed by atoms with Crippen molar-refractivity contribution < 1.29 is 9.90 Å². The smallest absolute Gasteiger partial charge is 0.222 e. The summed E-state index contributed by atoms with van der Waals surface area (Å²) in [7, 11) is 0. The van der Waals surface area contributed by atoms with Crippen molar-refractivity contribution in [2.45, 2.75) is 52.4 Å². The van der Waals surface area contributed by atoms with Crippen LogP contribution < -0.4 is 0 Å². The number of hydrogen-bond acceptors (Lipinski definition) is 4. The summed E-state index contributed by atoms with van der Waals surface area (Å²) in [5.74, 6) is 0.254. The van der Waals surface area contributed by atoms with Crippen molar-refractivity contribution in [1.82, 2.24) is 9.88 Å². The van der Waals surface area contributed by atoms with Crippen LogP contribution in [0.25, 0.3) is 0 Å². The summed E-state index contributed by atoms with van der Waals surface area (Å²) < 4.78 is 0. The molecule has 118 valence electrons. The number of aliphatic hydroxyl groups is 1. The van der Waals surface area contributed by atoms with Crippen molar-refractivity contribution in [3.8, 4) is 0 Å². The third-order valence-electron chi connectivity index (χ3n) is 4.75. The fraction of sp³-hybridized carbons (Fsp3) is 0.750. The molecule has 1 amide bonds. The van der Waals surface area contributed by atoms with Gasteiger partial charge in [-0.1, -0.05) is 6.92 Å². The van der Waals surface area contributed by atoms with Crippen LogP contribution in [0, 0.1) is 12.3 Å². The minimum Gasteiger partial charge on any atom is -0.396 e. The van der Waals surface area contributed by atoms with Gasteiger partial charge in [0.2, 0.25) is 5.91 Å². The number of rotatable bonds is 6. The van der Waals surface area contributed by atoms with Gasteiger partial charge in [-0.05, 0) is 44.4 Å². The van der Waals surface area contributed by atoms with Gasteiger partial charge in [-0.2, -0.15) is 0 Å². The molecule has 0 aromatic carbocycles. The Kier molecular flexibility index (Phi) is 5.76. The predicted octanol–water partition coefficient (Wildman–Crippen LogP) is 2.79. The van der Waals surface area contributed by atoms with Crippen LogP contribution in [0.5, 0.6) is 0 Å². The van der Waals surface area contributed by atoms with Gasteiger partial charge < -0.3 is 10.0 Å². The molecule has 1 aliphatic rings. The molecular formula is C16H26N2O2S. The van der Waals surface area contributed by atoms with E-state index >= 15 is 0 Å². The van der Waals surface area contributed by atoms with E-state index in [9.17, 15) is 9.90 Å². The van der Waals surface area contributed by atoms with Gasteiger partial charge in [-0.25, -0.2) is 4.98 Å². The summed E-state index contributed by atoms with van der Waals surface area (Å²) in [6.07, 6.45) is 5.22. The van der Waals surface area contributed by atoms with Crippen LogP contribution >= 0.6 is 11.3 Å². The van der Waals surface area contributed by atoms with Gasteiger partial charge >= 0.3 is 0 Å². The van der Waals surface area contributed by atoms with Gasteiger partial charge in [-0.3, -0.25) is 4.79 Å². The van der Waals surface area contributed by atoms with Gasteiger partial charge in [0, 0.05) is 31.5 Å². The summed E-state index contributed by atoms with van der Waals surface area (Å²) in [4.78, 5) is 18.6. The van der Waals surface area contributed by atoms with E-state index in [4.69, 9.17) is 0 Å². The Balaban J connectivity index is 1.72. The lowest BCUT2D eigenvalue weighted by molar-refractivity contribution is -0.134. The number of piperidine rings is 1. The van der Waals surface area contributed by atoms with E-state index in [-0.39, 0.29) is 17.9 Å². The van der Waals surface area contributed by atoms with Crippen LogP contribution in [0.4, 0.5) is 0 Å². The minimum absolute atomic E-state index is 0.0505. The Hall–Kier alpha value is -0.940. The van der Waals surface area contributed by atoms with Crippen molar-refractivity contribution in [3.63, 3.8) is 0 Å². The van der Waals surface area contributed by atoms with Crippen LogP contribution in [0.2, 0.25) is 0 Å². The molecule has 5 heteroatoms. The first-order valence-electron chi connectivity index (χ1n) is 7.88. The van der Waals surface area contributed by atoms with Crippen molar-refractivity contribution in [3.05, 3.63) is 16.1 Å². The largest absolute Gasteiger partial charge is 0.396 e. The lowest BCUT2D eigenvalue weighted by Crippen LogP contribution is -2.44. The predicted molar refractivity (Wildman–Crippen MR) is 85.4 cm³/mol. The molecule has 2 heterocycles. The fourth-order valence-corrected chi connectivity index (χ4v) is 3.60. The molecule has 1 fully saturated rings. The van der Waals surface area contributed by atoms with Crippen LogP contribution in [-0.2, 0) is 11.2 Å². The highest BCUT2D eigenvalue weighted by Crippen LogP contribution is 2.34. The summed E-state index contributed by atoms with van der Waals surface area (Å²) in [5.41, 5.74) is 1.16. The maximum atomic E-state index is 12.2. The molecular weight excluding hydrogens is 284 g/mol. The number of amides is 1. The van der Waals surface area contributed by atoms with E-state index in [0.717, 1.165) is 55.9 Å². The lowest BCUT2D eigenvalue weighted by Gasteiger charge is -2.40. The normalized spacial score (nSPS) is 18.0. The quantitative estimate of drug-likeness (QED) is 0.879. The summed E-state index contributed by atoms with van der Waals surface area (Å²) in [6.45, 7) is 5.97.